The molecule has 0 bridgehead atoms. The van der Waals surface area contributed by atoms with Gasteiger partial charge in [-0.25, -0.2) is 9.50 Å². The Balaban J connectivity index is 1.25. The molecule has 6 rings (SSSR count). The predicted molar refractivity (Wildman–Crippen MR) is 125 cm³/mol. The monoisotopic (exact) mass is 461 g/mol. The minimum atomic E-state index is -0.159. The van der Waals surface area contributed by atoms with E-state index in [0.29, 0.717) is 30.0 Å². The fourth-order valence-corrected chi connectivity index (χ4v) is 5.78. The second kappa shape index (κ2) is 8.21. The van der Waals surface area contributed by atoms with Gasteiger partial charge in [0, 0.05) is 31.6 Å². The number of piperidine rings is 1. The smallest absolute Gasteiger partial charge is 0.270 e. The SMILES string of the molecule is CCn1nccc1C(=O)NC(c1cn2nc(CC3CCCNC3=O)ccc2n1)C1CC2(CC2)C1. The van der Waals surface area contributed by atoms with Gasteiger partial charge in [-0.15, -0.1) is 0 Å². The summed E-state index contributed by atoms with van der Waals surface area (Å²) in [4.78, 5) is 30.2. The van der Waals surface area contributed by atoms with Crippen LogP contribution in [0.25, 0.3) is 5.65 Å². The zero-order valence-electron chi connectivity index (χ0n) is 19.5. The van der Waals surface area contributed by atoms with Crippen molar-refractivity contribution in [3.63, 3.8) is 0 Å². The topological polar surface area (TPSA) is 106 Å². The summed E-state index contributed by atoms with van der Waals surface area (Å²) in [5.41, 5.74) is 3.57. The van der Waals surface area contributed by atoms with E-state index in [4.69, 9.17) is 10.1 Å². The van der Waals surface area contributed by atoms with Gasteiger partial charge in [-0.2, -0.15) is 10.2 Å². The molecule has 178 valence electrons. The van der Waals surface area contributed by atoms with Crippen molar-refractivity contribution in [1.82, 2.24) is 35.0 Å². The van der Waals surface area contributed by atoms with Crippen LogP contribution in [0.4, 0.5) is 0 Å². The normalized spacial score (nSPS) is 22.4. The number of hydrogen-bond donors (Lipinski definition) is 2. The molecular formula is C25H31N7O2. The average molecular weight is 462 g/mol. The molecule has 2 N–H and O–H groups in total. The molecule has 9 nitrogen and oxygen atoms in total. The van der Waals surface area contributed by atoms with Crippen LogP contribution < -0.4 is 10.6 Å². The van der Waals surface area contributed by atoms with Crippen LogP contribution in [0, 0.1) is 17.3 Å². The first-order chi connectivity index (χ1) is 16.5. The lowest BCUT2D eigenvalue weighted by Crippen LogP contribution is -2.41. The van der Waals surface area contributed by atoms with Crippen LogP contribution in [0.2, 0.25) is 0 Å². The number of imidazole rings is 1. The van der Waals surface area contributed by atoms with E-state index in [1.54, 1.807) is 21.5 Å². The molecular weight excluding hydrogens is 430 g/mol. The van der Waals surface area contributed by atoms with Crippen molar-refractivity contribution in [3.8, 4) is 0 Å². The van der Waals surface area contributed by atoms with Gasteiger partial charge in [-0.1, -0.05) is 0 Å². The summed E-state index contributed by atoms with van der Waals surface area (Å²) in [6, 6.07) is 5.52. The van der Waals surface area contributed by atoms with E-state index in [1.165, 1.54) is 12.8 Å². The molecule has 2 aliphatic carbocycles. The number of aromatic nitrogens is 5. The Morgan fingerprint density at radius 2 is 2.15 bits per heavy atom. The van der Waals surface area contributed by atoms with E-state index in [9.17, 15) is 9.59 Å². The van der Waals surface area contributed by atoms with Crippen molar-refractivity contribution in [3.05, 3.63) is 47.7 Å². The quantitative estimate of drug-likeness (QED) is 0.563. The highest BCUT2D eigenvalue weighted by molar-refractivity contribution is 5.92. The Kier molecular flexibility index (Phi) is 5.15. The van der Waals surface area contributed by atoms with Gasteiger partial charge in [-0.05, 0) is 75.0 Å². The summed E-state index contributed by atoms with van der Waals surface area (Å²) >= 11 is 0. The van der Waals surface area contributed by atoms with Crippen LogP contribution in [0.5, 0.6) is 0 Å². The Hall–Kier alpha value is -3.23. The van der Waals surface area contributed by atoms with E-state index in [1.807, 2.05) is 25.3 Å². The third kappa shape index (κ3) is 3.86. The van der Waals surface area contributed by atoms with E-state index in [-0.39, 0.29) is 23.8 Å². The average Bonchev–Trinajstić information content (AvgIpc) is 3.28. The minimum absolute atomic E-state index is 0.0261. The summed E-state index contributed by atoms with van der Waals surface area (Å²) in [7, 11) is 0. The van der Waals surface area contributed by atoms with Crippen molar-refractivity contribution in [1.29, 1.82) is 0 Å². The van der Waals surface area contributed by atoms with E-state index < -0.39 is 0 Å². The number of hydrogen-bond acceptors (Lipinski definition) is 5. The maximum atomic E-state index is 13.2. The Bertz CT molecular complexity index is 1230. The van der Waals surface area contributed by atoms with Crippen molar-refractivity contribution in [2.24, 2.45) is 17.3 Å². The Morgan fingerprint density at radius 3 is 2.91 bits per heavy atom. The largest absolute Gasteiger partial charge is 0.356 e. The van der Waals surface area contributed by atoms with Crippen LogP contribution in [-0.2, 0) is 17.8 Å². The lowest BCUT2D eigenvalue weighted by molar-refractivity contribution is -0.126. The molecule has 1 aliphatic heterocycles. The maximum Gasteiger partial charge on any atom is 0.270 e. The zero-order chi connectivity index (χ0) is 23.3. The third-order valence-corrected chi connectivity index (χ3v) is 7.92. The third-order valence-electron chi connectivity index (χ3n) is 7.92. The Morgan fingerprint density at radius 1 is 1.29 bits per heavy atom. The first-order valence-corrected chi connectivity index (χ1v) is 12.5. The molecule has 9 heteroatoms. The van der Waals surface area contributed by atoms with E-state index in [2.05, 4.69) is 15.7 Å². The number of nitrogens with one attached hydrogen (secondary N) is 2. The molecule has 0 aromatic carbocycles. The van der Waals surface area contributed by atoms with Gasteiger partial charge in [0.2, 0.25) is 5.91 Å². The molecule has 3 aliphatic rings. The van der Waals surface area contributed by atoms with Crippen molar-refractivity contribution < 1.29 is 9.59 Å². The molecule has 3 aromatic rings. The molecule has 2 saturated carbocycles. The number of aryl methyl sites for hydroxylation is 1. The van der Waals surface area contributed by atoms with E-state index in [0.717, 1.165) is 49.3 Å². The minimum Gasteiger partial charge on any atom is -0.356 e. The van der Waals surface area contributed by atoms with Gasteiger partial charge in [0.15, 0.2) is 5.65 Å². The fourth-order valence-electron chi connectivity index (χ4n) is 5.78. The van der Waals surface area contributed by atoms with Gasteiger partial charge in [-0.3, -0.25) is 14.3 Å². The molecule has 2 amide bonds. The fraction of sp³-hybridized carbons (Fsp3) is 0.560. The lowest BCUT2D eigenvalue weighted by Gasteiger charge is -2.40. The van der Waals surface area contributed by atoms with Crippen molar-refractivity contribution in [2.45, 2.75) is 64.5 Å². The standard InChI is InChI=1S/C25H31N7O2/c1-2-31-20(7-11-27-31)24(34)29-22(17-13-25(14-17)8-9-25)19-15-32-21(28-19)6-5-18(30-32)12-16-4-3-10-26-23(16)33/h5-7,11,15-17,22H,2-4,8-10,12-14H2,1H3,(H,26,33)(H,29,34). The summed E-state index contributed by atoms with van der Waals surface area (Å²) in [6.07, 6.45) is 11.0. The molecule has 3 fully saturated rings. The summed E-state index contributed by atoms with van der Waals surface area (Å²) < 4.78 is 3.51. The number of carbonyl (C=O) groups is 2. The molecule has 0 radical (unpaired) electrons. The van der Waals surface area contributed by atoms with Crippen LogP contribution in [0.15, 0.2) is 30.6 Å². The number of rotatable bonds is 7. The lowest BCUT2D eigenvalue weighted by atomic mass is 9.68. The van der Waals surface area contributed by atoms with E-state index >= 15 is 0 Å². The number of carbonyl (C=O) groups excluding carboxylic acids is 2. The molecule has 1 saturated heterocycles. The van der Waals surface area contributed by atoms with Crippen LogP contribution in [0.3, 0.4) is 0 Å². The predicted octanol–water partition coefficient (Wildman–Crippen LogP) is 2.68. The highest BCUT2D eigenvalue weighted by Crippen LogP contribution is 2.65. The van der Waals surface area contributed by atoms with Gasteiger partial charge >= 0.3 is 0 Å². The summed E-state index contributed by atoms with van der Waals surface area (Å²) in [5.74, 6) is 0.351. The maximum absolute atomic E-state index is 13.2. The zero-order valence-corrected chi connectivity index (χ0v) is 19.5. The number of nitrogens with zero attached hydrogens (tertiary/aromatic N) is 5. The Labute approximate surface area is 198 Å². The van der Waals surface area contributed by atoms with Crippen LogP contribution in [0.1, 0.15) is 73.4 Å². The summed E-state index contributed by atoms with van der Waals surface area (Å²) in [6.45, 7) is 3.39. The van der Waals surface area contributed by atoms with Crippen LogP contribution >= 0.6 is 0 Å². The first-order valence-electron chi connectivity index (χ1n) is 12.5. The second-order valence-electron chi connectivity index (χ2n) is 10.3. The first kappa shape index (κ1) is 21.3. The van der Waals surface area contributed by atoms with Crippen molar-refractivity contribution in [2.75, 3.05) is 6.54 Å². The molecule has 2 atom stereocenters. The molecule has 4 heterocycles. The molecule has 1 spiro atoms. The van der Waals surface area contributed by atoms with Crippen LogP contribution in [-0.4, -0.2) is 42.7 Å². The highest BCUT2D eigenvalue weighted by atomic mass is 16.2. The van der Waals surface area contributed by atoms with Gasteiger partial charge in [0.25, 0.3) is 5.91 Å². The summed E-state index contributed by atoms with van der Waals surface area (Å²) in [5, 5.41) is 15.2. The second-order valence-corrected chi connectivity index (χ2v) is 10.3. The van der Waals surface area contributed by atoms with Gasteiger partial charge < -0.3 is 10.6 Å². The van der Waals surface area contributed by atoms with Crippen molar-refractivity contribution >= 4 is 17.5 Å². The van der Waals surface area contributed by atoms with Gasteiger partial charge in [0.05, 0.1) is 23.6 Å². The molecule has 2 unspecified atom stereocenters. The number of fused-ring (bicyclic) bond motifs is 1. The highest BCUT2D eigenvalue weighted by Gasteiger charge is 2.55. The molecule has 34 heavy (non-hydrogen) atoms. The number of amides is 2. The van der Waals surface area contributed by atoms with Gasteiger partial charge in [0.1, 0.15) is 5.69 Å². The molecule has 3 aromatic heterocycles.